The van der Waals surface area contributed by atoms with Crippen LogP contribution in [0, 0.1) is 17.8 Å². The Morgan fingerprint density at radius 2 is 1.70 bits per heavy atom. The molecule has 20 heavy (non-hydrogen) atoms. The van der Waals surface area contributed by atoms with Crippen molar-refractivity contribution in [3.63, 3.8) is 0 Å². The van der Waals surface area contributed by atoms with Crippen molar-refractivity contribution in [3.05, 3.63) is 0 Å². The summed E-state index contributed by atoms with van der Waals surface area (Å²) >= 11 is 0. The minimum Gasteiger partial charge on any atom is -0.312 e. The summed E-state index contributed by atoms with van der Waals surface area (Å²) < 4.78 is 0. The number of amides is 2. The van der Waals surface area contributed by atoms with Crippen LogP contribution in [0.2, 0.25) is 0 Å². The van der Waals surface area contributed by atoms with Crippen LogP contribution in [0.25, 0.3) is 0 Å². The molecule has 3 atom stereocenters. The molecule has 4 nitrogen and oxygen atoms in total. The van der Waals surface area contributed by atoms with E-state index in [4.69, 9.17) is 0 Å². The standard InChI is InChI=1S/C16H28N2O2/c1-4-9-17-14(13-7-5-6-8-13)10-18-15(19)11(2)12(3)16(18)20/h11-14,17H,4-10H2,1-3H3. The predicted octanol–water partition coefficient (Wildman–Crippen LogP) is 2.19. The van der Waals surface area contributed by atoms with E-state index in [2.05, 4.69) is 12.2 Å². The summed E-state index contributed by atoms with van der Waals surface area (Å²) in [6.07, 6.45) is 6.09. The lowest BCUT2D eigenvalue weighted by atomic mass is 9.97. The van der Waals surface area contributed by atoms with Gasteiger partial charge in [-0.25, -0.2) is 0 Å². The second-order valence-corrected chi connectivity index (χ2v) is 6.47. The average Bonchev–Trinajstić information content (AvgIpc) is 3.03. The number of nitrogens with one attached hydrogen (secondary N) is 1. The van der Waals surface area contributed by atoms with E-state index in [1.54, 1.807) is 0 Å². The van der Waals surface area contributed by atoms with Crippen molar-refractivity contribution in [2.24, 2.45) is 17.8 Å². The molecule has 1 aliphatic carbocycles. The van der Waals surface area contributed by atoms with Crippen LogP contribution in [-0.2, 0) is 9.59 Å². The first kappa shape index (κ1) is 15.5. The zero-order chi connectivity index (χ0) is 14.7. The molecular weight excluding hydrogens is 252 g/mol. The van der Waals surface area contributed by atoms with Crippen molar-refractivity contribution in [2.45, 2.75) is 58.9 Å². The summed E-state index contributed by atoms with van der Waals surface area (Å²) in [6, 6.07) is 0.280. The smallest absolute Gasteiger partial charge is 0.232 e. The topological polar surface area (TPSA) is 49.4 Å². The zero-order valence-electron chi connectivity index (χ0n) is 13.0. The lowest BCUT2D eigenvalue weighted by Crippen LogP contribution is -2.47. The van der Waals surface area contributed by atoms with Crippen LogP contribution in [0.3, 0.4) is 0 Å². The highest BCUT2D eigenvalue weighted by atomic mass is 16.2. The molecule has 4 heteroatoms. The Kier molecular flexibility index (Phi) is 5.19. The van der Waals surface area contributed by atoms with Crippen molar-refractivity contribution in [2.75, 3.05) is 13.1 Å². The molecule has 0 radical (unpaired) electrons. The van der Waals surface area contributed by atoms with Crippen molar-refractivity contribution in [1.82, 2.24) is 10.2 Å². The molecule has 0 aromatic rings. The van der Waals surface area contributed by atoms with Gasteiger partial charge in [-0.05, 0) is 31.7 Å². The lowest BCUT2D eigenvalue weighted by molar-refractivity contribution is -0.140. The Hall–Kier alpha value is -0.900. The van der Waals surface area contributed by atoms with Gasteiger partial charge >= 0.3 is 0 Å². The van der Waals surface area contributed by atoms with E-state index in [9.17, 15) is 9.59 Å². The molecule has 1 N–H and O–H groups in total. The molecule has 0 aromatic heterocycles. The highest BCUT2D eigenvalue weighted by Crippen LogP contribution is 2.31. The summed E-state index contributed by atoms with van der Waals surface area (Å²) in [5.74, 6) is 0.344. The fourth-order valence-corrected chi connectivity index (χ4v) is 3.47. The van der Waals surface area contributed by atoms with Gasteiger partial charge in [0.2, 0.25) is 11.8 Å². The Balaban J connectivity index is 2.03. The van der Waals surface area contributed by atoms with Crippen molar-refractivity contribution < 1.29 is 9.59 Å². The number of nitrogens with zero attached hydrogens (tertiary/aromatic N) is 1. The molecule has 1 heterocycles. The van der Waals surface area contributed by atoms with Gasteiger partial charge in [0.25, 0.3) is 0 Å². The quantitative estimate of drug-likeness (QED) is 0.759. The van der Waals surface area contributed by atoms with Crippen LogP contribution in [0.5, 0.6) is 0 Å². The largest absolute Gasteiger partial charge is 0.312 e. The first-order chi connectivity index (χ1) is 9.56. The molecule has 3 unspecified atom stereocenters. The van der Waals surface area contributed by atoms with Crippen LogP contribution < -0.4 is 5.32 Å². The molecule has 2 fully saturated rings. The monoisotopic (exact) mass is 280 g/mol. The third-order valence-corrected chi connectivity index (χ3v) is 5.07. The number of hydrogen-bond acceptors (Lipinski definition) is 3. The Bertz CT molecular complexity index is 343. The molecule has 114 valence electrons. The maximum Gasteiger partial charge on any atom is 0.232 e. The number of carbonyl (C=O) groups excluding carboxylic acids is 2. The van der Waals surface area contributed by atoms with Gasteiger partial charge in [0.15, 0.2) is 0 Å². The number of likely N-dealkylation sites (tertiary alicyclic amines) is 1. The number of carbonyl (C=O) groups is 2. The number of imide groups is 1. The third kappa shape index (κ3) is 3.05. The van der Waals surface area contributed by atoms with E-state index in [0.29, 0.717) is 12.5 Å². The Labute approximate surface area is 122 Å². The van der Waals surface area contributed by atoms with Crippen molar-refractivity contribution >= 4 is 11.8 Å². The van der Waals surface area contributed by atoms with Gasteiger partial charge in [0, 0.05) is 24.4 Å². The van der Waals surface area contributed by atoms with Gasteiger partial charge < -0.3 is 5.32 Å². The maximum atomic E-state index is 12.2. The molecular formula is C16H28N2O2. The maximum absolute atomic E-state index is 12.2. The lowest BCUT2D eigenvalue weighted by Gasteiger charge is -2.28. The second kappa shape index (κ2) is 6.70. The van der Waals surface area contributed by atoms with Crippen LogP contribution >= 0.6 is 0 Å². The molecule has 0 bridgehead atoms. The normalized spacial score (nSPS) is 29.4. The average molecular weight is 280 g/mol. The molecule has 1 saturated heterocycles. The van der Waals surface area contributed by atoms with E-state index in [1.807, 2.05) is 13.8 Å². The van der Waals surface area contributed by atoms with Crippen LogP contribution in [-0.4, -0.2) is 35.8 Å². The van der Waals surface area contributed by atoms with E-state index in [0.717, 1.165) is 13.0 Å². The van der Waals surface area contributed by atoms with Crippen molar-refractivity contribution in [3.8, 4) is 0 Å². The van der Waals surface area contributed by atoms with E-state index < -0.39 is 0 Å². The minimum absolute atomic E-state index is 0.0174. The molecule has 1 saturated carbocycles. The molecule has 2 rings (SSSR count). The number of rotatable bonds is 6. The molecule has 2 amide bonds. The Morgan fingerprint density at radius 3 is 2.20 bits per heavy atom. The van der Waals surface area contributed by atoms with Crippen LogP contribution in [0.4, 0.5) is 0 Å². The van der Waals surface area contributed by atoms with Crippen LogP contribution in [0.15, 0.2) is 0 Å². The van der Waals surface area contributed by atoms with Gasteiger partial charge in [-0.3, -0.25) is 14.5 Å². The summed E-state index contributed by atoms with van der Waals surface area (Å²) in [5, 5.41) is 3.56. The Morgan fingerprint density at radius 1 is 1.15 bits per heavy atom. The molecule has 2 aliphatic rings. The van der Waals surface area contributed by atoms with Gasteiger partial charge in [-0.15, -0.1) is 0 Å². The predicted molar refractivity (Wildman–Crippen MR) is 79.1 cm³/mol. The summed E-state index contributed by atoms with van der Waals surface area (Å²) in [6.45, 7) is 7.42. The first-order valence-electron chi connectivity index (χ1n) is 8.14. The highest BCUT2D eigenvalue weighted by Gasteiger charge is 2.43. The minimum atomic E-state index is -0.155. The SMILES string of the molecule is CCCNC(CN1C(=O)C(C)C(C)C1=O)C1CCCC1. The second-order valence-electron chi connectivity index (χ2n) is 6.47. The van der Waals surface area contributed by atoms with E-state index >= 15 is 0 Å². The van der Waals surface area contributed by atoms with Crippen LogP contribution in [0.1, 0.15) is 52.9 Å². The fraction of sp³-hybridized carbons (Fsp3) is 0.875. The van der Waals surface area contributed by atoms with Crippen molar-refractivity contribution in [1.29, 1.82) is 0 Å². The number of hydrogen-bond donors (Lipinski definition) is 1. The molecule has 1 aliphatic heterocycles. The van der Waals surface area contributed by atoms with Gasteiger partial charge in [0.1, 0.15) is 0 Å². The zero-order valence-corrected chi connectivity index (χ0v) is 13.0. The fourth-order valence-electron chi connectivity index (χ4n) is 3.47. The van der Waals surface area contributed by atoms with E-state index in [1.165, 1.54) is 30.6 Å². The first-order valence-corrected chi connectivity index (χ1v) is 8.14. The summed E-state index contributed by atoms with van der Waals surface area (Å²) in [5.41, 5.74) is 0. The van der Waals surface area contributed by atoms with E-state index in [-0.39, 0.29) is 29.7 Å². The molecule has 0 spiro atoms. The summed E-state index contributed by atoms with van der Waals surface area (Å²) in [7, 11) is 0. The van der Waals surface area contributed by atoms with Gasteiger partial charge in [-0.1, -0.05) is 33.6 Å². The third-order valence-electron chi connectivity index (χ3n) is 5.07. The van der Waals surface area contributed by atoms with Gasteiger partial charge in [0.05, 0.1) is 0 Å². The molecule has 0 aromatic carbocycles. The summed E-state index contributed by atoms with van der Waals surface area (Å²) in [4.78, 5) is 26.0. The highest BCUT2D eigenvalue weighted by molar-refractivity contribution is 6.04. The van der Waals surface area contributed by atoms with Gasteiger partial charge in [-0.2, -0.15) is 0 Å².